The molecule has 6 heteroatoms. The number of amides is 1. The Kier molecular flexibility index (Phi) is 3.86. The van der Waals surface area contributed by atoms with Gasteiger partial charge >= 0.3 is 6.85 Å². The zero-order chi connectivity index (χ0) is 14.8. The third kappa shape index (κ3) is 2.50. The number of rotatable bonds is 3. The SMILES string of the molecule is CCOc1cc2c(cc1OC)C(=O)N1CCCCB1C=N2. The van der Waals surface area contributed by atoms with E-state index >= 15 is 0 Å². The predicted octanol–water partition coefficient (Wildman–Crippen LogP) is 2.58. The zero-order valence-corrected chi connectivity index (χ0v) is 12.5. The zero-order valence-electron chi connectivity index (χ0n) is 12.5. The fraction of sp³-hybridized carbons (Fsp3) is 0.467. The number of carbonyl (C=O) groups is 1. The Bertz CT molecular complexity index is 589. The summed E-state index contributed by atoms with van der Waals surface area (Å²) in [5.41, 5.74) is 1.26. The van der Waals surface area contributed by atoms with Crippen LogP contribution >= 0.6 is 0 Å². The minimum Gasteiger partial charge on any atom is -0.493 e. The molecule has 21 heavy (non-hydrogen) atoms. The molecule has 2 aliphatic rings. The van der Waals surface area contributed by atoms with Crippen LogP contribution in [0, 0.1) is 0 Å². The Morgan fingerprint density at radius 2 is 2.19 bits per heavy atom. The van der Waals surface area contributed by atoms with Crippen LogP contribution in [0.15, 0.2) is 17.1 Å². The second-order valence-electron chi connectivity index (χ2n) is 5.29. The molecule has 0 aromatic heterocycles. The molecule has 0 bridgehead atoms. The lowest BCUT2D eigenvalue weighted by molar-refractivity contribution is 0.0850. The fourth-order valence-corrected chi connectivity index (χ4v) is 2.94. The summed E-state index contributed by atoms with van der Waals surface area (Å²) in [6, 6.07) is 3.54. The van der Waals surface area contributed by atoms with Crippen LogP contribution in [0.2, 0.25) is 6.32 Å². The van der Waals surface area contributed by atoms with Gasteiger partial charge in [0, 0.05) is 12.6 Å². The number of aliphatic imine (C=N–C) groups is 1. The number of carbonyl (C=O) groups excluding carboxylic acids is 1. The quantitative estimate of drug-likeness (QED) is 0.802. The van der Waals surface area contributed by atoms with Gasteiger partial charge < -0.3 is 14.3 Å². The highest BCUT2D eigenvalue weighted by atomic mass is 16.5. The normalized spacial score (nSPS) is 17.1. The van der Waals surface area contributed by atoms with Gasteiger partial charge in [-0.05, 0) is 31.8 Å². The first-order valence-corrected chi connectivity index (χ1v) is 7.44. The van der Waals surface area contributed by atoms with Crippen molar-refractivity contribution >= 4 is 24.6 Å². The van der Waals surface area contributed by atoms with Crippen molar-refractivity contribution < 1.29 is 14.3 Å². The second-order valence-corrected chi connectivity index (χ2v) is 5.29. The lowest BCUT2D eigenvalue weighted by atomic mass is 9.55. The largest absolute Gasteiger partial charge is 0.493 e. The summed E-state index contributed by atoms with van der Waals surface area (Å²) in [5, 5.41) is 0. The van der Waals surface area contributed by atoms with Gasteiger partial charge in [0.15, 0.2) is 11.5 Å². The first-order chi connectivity index (χ1) is 10.2. The third-order valence-electron chi connectivity index (χ3n) is 4.01. The molecule has 5 nitrogen and oxygen atoms in total. The van der Waals surface area contributed by atoms with Crippen molar-refractivity contribution in [3.05, 3.63) is 17.7 Å². The van der Waals surface area contributed by atoms with Crippen molar-refractivity contribution in [1.82, 2.24) is 4.81 Å². The molecular formula is C15H19BN2O3. The molecule has 1 fully saturated rings. The molecular weight excluding hydrogens is 267 g/mol. The number of methoxy groups -OCH3 is 1. The summed E-state index contributed by atoms with van der Waals surface area (Å²) < 4.78 is 10.9. The van der Waals surface area contributed by atoms with E-state index in [-0.39, 0.29) is 12.8 Å². The number of hydrogen-bond acceptors (Lipinski definition) is 4. The van der Waals surface area contributed by atoms with E-state index in [0.717, 1.165) is 25.7 Å². The molecule has 0 unspecified atom stereocenters. The number of ether oxygens (including phenoxy) is 2. The molecule has 0 saturated carbocycles. The highest BCUT2D eigenvalue weighted by molar-refractivity contribution is 6.85. The van der Waals surface area contributed by atoms with Crippen LogP contribution in [0.25, 0.3) is 0 Å². The van der Waals surface area contributed by atoms with Gasteiger partial charge in [0.05, 0.1) is 25.0 Å². The summed E-state index contributed by atoms with van der Waals surface area (Å²) in [6.45, 7) is 3.37. The van der Waals surface area contributed by atoms with Crippen LogP contribution in [-0.4, -0.2) is 43.9 Å². The predicted molar refractivity (Wildman–Crippen MR) is 83.1 cm³/mol. The van der Waals surface area contributed by atoms with Crippen LogP contribution in [0.3, 0.4) is 0 Å². The Balaban J connectivity index is 2.05. The highest BCUT2D eigenvalue weighted by Gasteiger charge is 2.33. The van der Waals surface area contributed by atoms with Crippen molar-refractivity contribution in [2.45, 2.75) is 26.1 Å². The van der Waals surface area contributed by atoms with E-state index in [1.807, 2.05) is 17.8 Å². The maximum Gasteiger partial charge on any atom is 0.303 e. The standard InChI is InChI=1S/C15H19BN2O3/c1-3-21-14-9-12-11(8-13(14)20-2)15(19)18-7-5-4-6-16(18)10-17-12/h8-10H,3-7H2,1-2H3. The van der Waals surface area contributed by atoms with E-state index in [4.69, 9.17) is 9.47 Å². The monoisotopic (exact) mass is 286 g/mol. The molecule has 110 valence electrons. The van der Waals surface area contributed by atoms with Gasteiger partial charge in [0.25, 0.3) is 0 Å². The van der Waals surface area contributed by atoms with Gasteiger partial charge in [0.1, 0.15) is 0 Å². The number of fused-ring (bicyclic) bond motifs is 2. The van der Waals surface area contributed by atoms with Crippen LogP contribution in [-0.2, 0) is 0 Å². The van der Waals surface area contributed by atoms with Crippen molar-refractivity contribution in [3.8, 4) is 11.5 Å². The van der Waals surface area contributed by atoms with E-state index in [0.29, 0.717) is 29.4 Å². The topological polar surface area (TPSA) is 51.1 Å². The highest BCUT2D eigenvalue weighted by Crippen LogP contribution is 2.37. The first kappa shape index (κ1) is 14.0. The maximum absolute atomic E-state index is 12.8. The van der Waals surface area contributed by atoms with E-state index in [2.05, 4.69) is 4.99 Å². The van der Waals surface area contributed by atoms with Crippen LogP contribution in [0.5, 0.6) is 11.5 Å². The van der Waals surface area contributed by atoms with E-state index < -0.39 is 0 Å². The molecule has 2 heterocycles. The smallest absolute Gasteiger partial charge is 0.303 e. The summed E-state index contributed by atoms with van der Waals surface area (Å²) in [5.74, 6) is 1.24. The lowest BCUT2D eigenvalue weighted by Gasteiger charge is -2.30. The third-order valence-corrected chi connectivity index (χ3v) is 4.01. The Morgan fingerprint density at radius 3 is 2.95 bits per heavy atom. The van der Waals surface area contributed by atoms with Crippen LogP contribution in [0.4, 0.5) is 5.69 Å². The second kappa shape index (κ2) is 5.80. The molecule has 1 aromatic rings. The maximum atomic E-state index is 12.8. The van der Waals surface area contributed by atoms with Gasteiger partial charge in [-0.25, -0.2) is 0 Å². The molecule has 1 aromatic carbocycles. The molecule has 1 saturated heterocycles. The van der Waals surface area contributed by atoms with Crippen molar-refractivity contribution in [1.29, 1.82) is 0 Å². The Hall–Kier alpha value is -1.98. The summed E-state index contributed by atoms with van der Waals surface area (Å²) in [7, 11) is 1.58. The van der Waals surface area contributed by atoms with E-state index in [1.54, 1.807) is 19.2 Å². The number of benzene rings is 1. The Labute approximate surface area is 125 Å². The molecule has 2 aliphatic heterocycles. The van der Waals surface area contributed by atoms with Gasteiger partial charge in [-0.1, -0.05) is 6.42 Å². The molecule has 0 atom stereocenters. The summed E-state index contributed by atoms with van der Waals surface area (Å²) >= 11 is 0. The summed E-state index contributed by atoms with van der Waals surface area (Å²) in [6.07, 6.45) is 5.08. The minimum absolute atomic E-state index is 0.0357. The van der Waals surface area contributed by atoms with Gasteiger partial charge in [-0.15, -0.1) is 0 Å². The molecule has 1 amide bonds. The van der Waals surface area contributed by atoms with E-state index in [1.165, 1.54) is 0 Å². The molecule has 0 spiro atoms. The molecule has 0 N–H and O–H groups in total. The first-order valence-electron chi connectivity index (χ1n) is 7.44. The number of nitrogens with zero attached hydrogens (tertiary/aromatic N) is 2. The van der Waals surface area contributed by atoms with Crippen molar-refractivity contribution in [2.24, 2.45) is 4.99 Å². The Morgan fingerprint density at radius 1 is 1.33 bits per heavy atom. The van der Waals surface area contributed by atoms with Gasteiger partial charge in [0.2, 0.25) is 5.91 Å². The van der Waals surface area contributed by atoms with Gasteiger partial charge in [-0.2, -0.15) is 0 Å². The molecule has 0 radical (unpaired) electrons. The van der Waals surface area contributed by atoms with Gasteiger partial charge in [-0.3, -0.25) is 9.79 Å². The average Bonchev–Trinajstić information content (AvgIpc) is 2.65. The summed E-state index contributed by atoms with van der Waals surface area (Å²) in [4.78, 5) is 19.2. The lowest BCUT2D eigenvalue weighted by Crippen LogP contribution is -2.47. The van der Waals surface area contributed by atoms with Crippen LogP contribution < -0.4 is 9.47 Å². The minimum atomic E-state index is 0.0357. The number of hydrogen-bond donors (Lipinski definition) is 0. The molecule has 0 aliphatic carbocycles. The van der Waals surface area contributed by atoms with Crippen LogP contribution in [0.1, 0.15) is 30.1 Å². The average molecular weight is 286 g/mol. The van der Waals surface area contributed by atoms with E-state index in [9.17, 15) is 4.79 Å². The fourth-order valence-electron chi connectivity index (χ4n) is 2.94. The van der Waals surface area contributed by atoms with Crippen molar-refractivity contribution in [2.75, 3.05) is 20.3 Å². The van der Waals surface area contributed by atoms with Crippen molar-refractivity contribution in [3.63, 3.8) is 0 Å². The molecule has 3 rings (SSSR count).